The van der Waals surface area contributed by atoms with Crippen molar-refractivity contribution >= 4 is 87.6 Å². The highest BCUT2D eigenvalue weighted by Gasteiger charge is 2.43. The number of urea groups is 1. The summed E-state index contributed by atoms with van der Waals surface area (Å²) < 4.78 is 15.5. The van der Waals surface area contributed by atoms with Gasteiger partial charge in [-0.15, -0.1) is 0 Å². The molecule has 8 aliphatic rings. The molecule has 9 N–H and O–H groups in total. The summed E-state index contributed by atoms with van der Waals surface area (Å²) in [6, 6.07) is 57.7. The van der Waals surface area contributed by atoms with Gasteiger partial charge in [0.15, 0.2) is 0 Å². The molecule has 0 spiro atoms. The van der Waals surface area contributed by atoms with Crippen LogP contribution in [0.25, 0.3) is 0 Å². The number of carbonyl (C=O) groups is 4. The maximum atomic E-state index is 13.2. The van der Waals surface area contributed by atoms with Crippen LogP contribution in [-0.2, 0) is 62.5 Å². The number of amides is 5. The lowest BCUT2D eigenvalue weighted by Crippen LogP contribution is -2.40. The minimum atomic E-state index is -0.544. The quantitative estimate of drug-likeness (QED) is 0.0584. The average molecular weight is 1740 g/mol. The summed E-state index contributed by atoms with van der Waals surface area (Å²) >= 11 is 24.9. The third-order valence-corrected chi connectivity index (χ3v) is 27.3. The van der Waals surface area contributed by atoms with E-state index in [1.165, 1.54) is 72.3 Å². The number of ether oxygens (including phenoxy) is 3. The first-order valence-electron chi connectivity index (χ1n) is 42.7. The molecule has 20 nitrogen and oxygen atoms in total. The zero-order valence-electron chi connectivity index (χ0n) is 70.5. The Balaban J connectivity index is 0.000000128. The molecular weight excluding hydrogens is 1630 g/mol. The number of rotatable bonds is 11. The molecular formula is C99H107Cl4N9O11. The SMILES string of the molecule is CCNC(=O)Nc1ccc2c(c1)CC[C@H]1[C@H]2c2cc(O)c(Cl)cc2CCN1C.CCOC(=O)Nc1ccc2c(c1)CC[C@H]1[C@H]2c2cc(O)c(Cl)cc2CCN1C.CN1CCc2cc(Cl)c(O)cc2[C@H]2c3cccc(C(=O)NCCc4ccccc4)c3CC[C@@H]21.COc1ccc(OC(=O)Nc2ccc3c(c2)CC[C@H]2[C@H]3c3cc(O)c(Cl)cc3CCN2C)cc1. The van der Waals surface area contributed by atoms with Crippen LogP contribution >= 0.6 is 46.4 Å². The minimum Gasteiger partial charge on any atom is -0.506 e. The number of hydrogen-bond donors (Lipinski definition) is 9. The molecule has 10 aromatic carbocycles. The van der Waals surface area contributed by atoms with Gasteiger partial charge in [-0.05, 0) is 335 Å². The van der Waals surface area contributed by atoms with Crippen molar-refractivity contribution < 1.29 is 53.8 Å². The number of anilines is 3. The van der Waals surface area contributed by atoms with Crippen molar-refractivity contribution in [1.29, 1.82) is 0 Å². The van der Waals surface area contributed by atoms with Crippen molar-refractivity contribution in [2.24, 2.45) is 0 Å². The number of hydrogen-bond acceptors (Lipinski definition) is 15. The van der Waals surface area contributed by atoms with Crippen molar-refractivity contribution in [2.75, 3.05) is 97.1 Å². The molecule has 4 aliphatic heterocycles. The van der Waals surface area contributed by atoms with Crippen molar-refractivity contribution in [2.45, 2.75) is 145 Å². The summed E-state index contributed by atoms with van der Waals surface area (Å²) in [7, 11) is 10.3. The molecule has 8 atom stereocenters. The predicted octanol–water partition coefficient (Wildman–Crippen LogP) is 19.2. The fourth-order valence-corrected chi connectivity index (χ4v) is 20.8. The molecule has 0 aromatic heterocycles. The van der Waals surface area contributed by atoms with Crippen molar-refractivity contribution in [3.63, 3.8) is 0 Å². The Hall–Kier alpha value is -10.5. The van der Waals surface area contributed by atoms with Crippen LogP contribution in [-0.4, -0.2) is 169 Å². The third kappa shape index (κ3) is 19.4. The number of aryl methyl sites for hydroxylation is 3. The number of carbonyl (C=O) groups excluding carboxylic acids is 4. The number of phenols is 4. The maximum absolute atomic E-state index is 13.2. The lowest BCUT2D eigenvalue weighted by molar-refractivity contribution is 0.0952. The van der Waals surface area contributed by atoms with E-state index in [9.17, 15) is 39.6 Å². The largest absolute Gasteiger partial charge is 0.506 e. The number of nitrogens with one attached hydrogen (secondary N) is 5. The van der Waals surface area contributed by atoms with E-state index in [1.807, 2.05) is 116 Å². The molecule has 0 saturated carbocycles. The van der Waals surface area contributed by atoms with Crippen LogP contribution in [0, 0.1) is 0 Å². The number of methoxy groups -OCH3 is 1. The summed E-state index contributed by atoms with van der Waals surface area (Å²) in [5, 5.41) is 57.3. The molecule has 0 fully saturated rings. The monoisotopic (exact) mass is 1740 g/mol. The van der Waals surface area contributed by atoms with Crippen molar-refractivity contribution in [3.8, 4) is 34.5 Å². The van der Waals surface area contributed by atoms with Gasteiger partial charge in [0.2, 0.25) is 0 Å². The molecule has 10 aromatic rings. The van der Waals surface area contributed by atoms with E-state index in [-0.39, 0.29) is 58.6 Å². The van der Waals surface area contributed by atoms with Crippen LogP contribution in [0.1, 0.15) is 168 Å². The van der Waals surface area contributed by atoms with Gasteiger partial charge in [0, 0.05) is 110 Å². The van der Waals surface area contributed by atoms with Crippen LogP contribution in [0.15, 0.2) is 176 Å². The fourth-order valence-electron chi connectivity index (χ4n) is 20.0. The molecule has 0 radical (unpaired) electrons. The summed E-state index contributed by atoms with van der Waals surface area (Å²) in [6.07, 6.45) is 11.2. The highest BCUT2D eigenvalue weighted by molar-refractivity contribution is 6.33. The average Bonchev–Trinajstić information content (AvgIpc) is 1.71. The number of benzene rings is 10. The zero-order valence-corrected chi connectivity index (χ0v) is 73.5. The lowest BCUT2D eigenvalue weighted by atomic mass is 9.73. The first kappa shape index (κ1) is 87.4. The molecule has 24 heteroatoms. The molecule has 4 aliphatic carbocycles. The van der Waals surface area contributed by atoms with Gasteiger partial charge in [-0.3, -0.25) is 15.4 Å². The first-order valence-corrected chi connectivity index (χ1v) is 44.2. The van der Waals surface area contributed by atoms with E-state index in [4.69, 9.17) is 60.6 Å². The molecule has 0 saturated heterocycles. The fraction of sp³-hybridized carbons (Fsp3) is 0.354. The van der Waals surface area contributed by atoms with E-state index in [0.29, 0.717) is 81.1 Å². The molecule has 4 heterocycles. The predicted molar refractivity (Wildman–Crippen MR) is 488 cm³/mol. The molecule has 5 amide bonds. The van der Waals surface area contributed by atoms with Gasteiger partial charge in [-0.1, -0.05) is 107 Å². The second kappa shape index (κ2) is 38.7. The number of likely N-dealkylation sites (N-methyl/N-ethyl adjacent to an activating group) is 4. The number of aromatic hydroxyl groups is 4. The van der Waals surface area contributed by atoms with Gasteiger partial charge in [0.1, 0.15) is 34.5 Å². The Bertz CT molecular complexity index is 5430. The number of phenolic OH excluding ortho intramolecular Hbond substituents is 4. The summed E-state index contributed by atoms with van der Waals surface area (Å²) in [4.78, 5) is 58.9. The van der Waals surface area contributed by atoms with E-state index in [2.05, 4.69) is 117 Å². The molecule has 0 bridgehead atoms. The lowest BCUT2D eigenvalue weighted by Gasteiger charge is -2.38. The van der Waals surface area contributed by atoms with Gasteiger partial charge >= 0.3 is 18.2 Å². The third-order valence-electron chi connectivity index (χ3n) is 26.1. The second-order valence-corrected chi connectivity index (χ2v) is 35.0. The number of halogens is 4. The van der Waals surface area contributed by atoms with Gasteiger partial charge in [-0.25, -0.2) is 14.4 Å². The van der Waals surface area contributed by atoms with Gasteiger partial charge in [0.25, 0.3) is 5.91 Å². The van der Waals surface area contributed by atoms with Gasteiger partial charge in [-0.2, -0.15) is 0 Å². The van der Waals surface area contributed by atoms with Crippen LogP contribution in [0.4, 0.5) is 31.4 Å². The molecule has 642 valence electrons. The summed E-state index contributed by atoms with van der Waals surface area (Å²) in [6.45, 7) is 9.06. The Morgan fingerprint density at radius 2 is 0.780 bits per heavy atom. The first-order chi connectivity index (χ1) is 59.4. The standard InChI is InChI=1S/C28H29ClN2O2.C27H27ClN2O4.C22H26ClN3O2.C22H25ClN2O3/c1-31-15-13-19-16-24(29)26(32)17-23(19)27-21-8-5-9-22(20(21)10-11-25(27)31)28(33)30-14-12-18-6-3-2-4-7-18;1-30-12-11-17-14-23(28)25(31)15-22(17)26-21-9-4-18(13-16(21)3-10-24(26)30)29-27(32)34-20-7-5-19(33-2)6-8-20;1-3-24-22(28)25-15-5-6-16-13(10-15)4-7-19-21(16)17-12-20(27)18(23)11-14(17)8-9-26(19)2;1-3-28-22(27)24-15-5-6-16-13(10-15)4-7-19-21(16)17-12-20(26)18(23)11-14(17)8-9-25(19)2/h2-9,16-17,25,27,32H,10-15H2,1H3,(H,30,33);4-9,13-15,24,26,31H,3,10-12H2,1-2H3,(H,29,32);5-6,10-12,19,21,27H,3-4,7-9H2,1-2H3,(H2,24,25,28);5-6,10-12,19,21,26H,3-4,7-9H2,1-2H3,(H,24,27)/t25-,27+;24-,26+;2*19-,21+/m0000/s1. The topological polar surface area (TPSA) is 250 Å². The van der Waals surface area contributed by atoms with E-state index in [0.717, 1.165) is 149 Å². The van der Waals surface area contributed by atoms with Crippen LogP contribution in [0.2, 0.25) is 20.1 Å². The van der Waals surface area contributed by atoms with Crippen LogP contribution < -0.4 is 36.1 Å². The van der Waals surface area contributed by atoms with Crippen molar-refractivity contribution in [3.05, 3.63) is 296 Å². The molecule has 123 heavy (non-hydrogen) atoms. The Kier molecular flexibility index (Phi) is 27.5. The Morgan fingerprint density at radius 3 is 1.19 bits per heavy atom. The van der Waals surface area contributed by atoms with Crippen LogP contribution in [0.5, 0.6) is 34.5 Å². The second-order valence-electron chi connectivity index (χ2n) is 33.4. The highest BCUT2D eigenvalue weighted by Crippen LogP contribution is 2.51. The van der Waals surface area contributed by atoms with Crippen LogP contribution in [0.3, 0.4) is 0 Å². The summed E-state index contributed by atoms with van der Waals surface area (Å²) in [5.74, 6) is 2.25. The van der Waals surface area contributed by atoms with E-state index >= 15 is 0 Å². The van der Waals surface area contributed by atoms with E-state index < -0.39 is 12.2 Å². The van der Waals surface area contributed by atoms with Crippen molar-refractivity contribution in [1.82, 2.24) is 30.2 Å². The van der Waals surface area contributed by atoms with Gasteiger partial charge < -0.3 is 70.2 Å². The highest BCUT2D eigenvalue weighted by atomic mass is 35.5. The van der Waals surface area contributed by atoms with E-state index in [1.54, 1.807) is 38.3 Å². The molecule has 18 rings (SSSR count). The summed E-state index contributed by atoms with van der Waals surface area (Å²) in [5.41, 5.74) is 23.3. The maximum Gasteiger partial charge on any atom is 0.417 e. The number of nitrogens with zero attached hydrogens (tertiary/aromatic N) is 4. The molecule has 0 unspecified atom stereocenters. The zero-order chi connectivity index (χ0) is 86.4. The smallest absolute Gasteiger partial charge is 0.417 e. The Morgan fingerprint density at radius 1 is 0.398 bits per heavy atom. The number of fused-ring (bicyclic) bond motifs is 20. The normalized spacial score (nSPS) is 20.2. The van der Waals surface area contributed by atoms with Gasteiger partial charge in [0.05, 0.1) is 33.8 Å². The Labute approximate surface area is 739 Å². The minimum absolute atomic E-state index is 0.0117.